The first-order chi connectivity index (χ1) is 16.1. The van der Waals surface area contributed by atoms with E-state index in [4.69, 9.17) is 21.3 Å². The molecule has 1 N–H and O–H groups in total. The molecule has 1 saturated heterocycles. The van der Waals surface area contributed by atoms with Crippen molar-refractivity contribution in [3.8, 4) is 5.75 Å². The maximum Gasteiger partial charge on any atom is 0.262 e. The lowest BCUT2D eigenvalue weighted by Crippen LogP contribution is -2.26. The molecule has 1 amide bonds. The first kappa shape index (κ1) is 23.6. The van der Waals surface area contributed by atoms with Crippen molar-refractivity contribution in [2.75, 3.05) is 25.0 Å². The normalized spacial score (nSPS) is 14.8. The van der Waals surface area contributed by atoms with Gasteiger partial charge in [0, 0.05) is 17.3 Å². The average molecular weight is 469 g/mol. The number of carbonyl (C=O) groups excluding carboxylic acids is 1. The maximum atomic E-state index is 12.4. The number of ether oxygens (including phenoxy) is 1. The summed E-state index contributed by atoms with van der Waals surface area (Å²) in [6.45, 7) is 6.29. The van der Waals surface area contributed by atoms with Gasteiger partial charge in [-0.15, -0.1) is 0 Å². The minimum absolute atomic E-state index is 0.0647. The van der Waals surface area contributed by atoms with Crippen LogP contribution in [-0.4, -0.2) is 40.1 Å². The Morgan fingerprint density at radius 2 is 1.85 bits per heavy atom. The van der Waals surface area contributed by atoms with E-state index >= 15 is 0 Å². The van der Waals surface area contributed by atoms with Crippen molar-refractivity contribution in [1.29, 1.82) is 0 Å². The Morgan fingerprint density at radius 3 is 2.58 bits per heavy atom. The molecule has 0 saturated carbocycles. The molecule has 0 radical (unpaired) electrons. The summed E-state index contributed by atoms with van der Waals surface area (Å²) in [4.78, 5) is 19.9. The van der Waals surface area contributed by atoms with Crippen molar-refractivity contribution in [3.05, 3.63) is 53.3 Å². The molecular formula is C26H33ClN4O2. The third-order valence-electron chi connectivity index (χ3n) is 6.09. The monoisotopic (exact) mass is 468 g/mol. The molecule has 2 aromatic carbocycles. The fourth-order valence-electron chi connectivity index (χ4n) is 4.31. The number of unbranched alkanes of at least 4 members (excludes halogenated alkanes) is 1. The second-order valence-electron chi connectivity index (χ2n) is 8.72. The second kappa shape index (κ2) is 11.5. The Balaban J connectivity index is 1.46. The first-order valence-corrected chi connectivity index (χ1v) is 12.4. The zero-order valence-corrected chi connectivity index (χ0v) is 20.1. The van der Waals surface area contributed by atoms with Crippen LogP contribution in [0.4, 0.5) is 5.69 Å². The number of hydrogen-bond acceptors (Lipinski definition) is 4. The van der Waals surface area contributed by atoms with Gasteiger partial charge in [0.15, 0.2) is 6.61 Å². The Morgan fingerprint density at radius 1 is 1.09 bits per heavy atom. The topological polar surface area (TPSA) is 59.4 Å². The molecule has 1 aliphatic rings. The van der Waals surface area contributed by atoms with Crippen LogP contribution in [0, 0.1) is 0 Å². The number of hydrogen-bond donors (Lipinski definition) is 1. The molecular weight excluding hydrogens is 436 g/mol. The van der Waals surface area contributed by atoms with Gasteiger partial charge in [0.05, 0.1) is 17.6 Å². The SMILES string of the molecule is CCCCn1c(CN2CCCCCC2)nc2cc(NC(=O)COc3ccc(Cl)cc3)ccc21. The lowest BCUT2D eigenvalue weighted by molar-refractivity contribution is -0.118. The lowest BCUT2D eigenvalue weighted by Gasteiger charge is -2.20. The van der Waals surface area contributed by atoms with Gasteiger partial charge >= 0.3 is 0 Å². The minimum Gasteiger partial charge on any atom is -0.484 e. The van der Waals surface area contributed by atoms with E-state index in [2.05, 4.69) is 27.8 Å². The molecule has 176 valence electrons. The van der Waals surface area contributed by atoms with Gasteiger partial charge in [-0.2, -0.15) is 0 Å². The average Bonchev–Trinajstić information content (AvgIpc) is 2.96. The van der Waals surface area contributed by atoms with Crippen molar-refractivity contribution in [2.45, 2.75) is 58.5 Å². The molecule has 1 aromatic heterocycles. The minimum atomic E-state index is -0.209. The molecule has 1 aliphatic heterocycles. The van der Waals surface area contributed by atoms with E-state index in [1.54, 1.807) is 24.3 Å². The van der Waals surface area contributed by atoms with Gasteiger partial charge in [-0.3, -0.25) is 9.69 Å². The second-order valence-corrected chi connectivity index (χ2v) is 9.15. The number of aromatic nitrogens is 2. The van der Waals surface area contributed by atoms with Gasteiger partial charge in [-0.1, -0.05) is 37.8 Å². The van der Waals surface area contributed by atoms with Gasteiger partial charge in [0.25, 0.3) is 5.91 Å². The standard InChI is InChI=1S/C26H33ClN4O2/c1-2-3-16-31-24-13-10-21(28-26(32)19-33-22-11-8-20(27)9-12-22)17-23(24)29-25(31)18-30-14-6-4-5-7-15-30/h8-13,17H,2-7,14-16,18-19H2,1H3,(H,28,32). The van der Waals surface area contributed by atoms with E-state index in [0.29, 0.717) is 10.8 Å². The zero-order valence-electron chi connectivity index (χ0n) is 19.4. The fraction of sp³-hybridized carbons (Fsp3) is 0.462. The molecule has 33 heavy (non-hydrogen) atoms. The number of halogens is 1. The first-order valence-electron chi connectivity index (χ1n) is 12.0. The predicted octanol–water partition coefficient (Wildman–Crippen LogP) is 5.88. The number of aryl methyl sites for hydroxylation is 1. The Bertz CT molecular complexity index is 1060. The third-order valence-corrected chi connectivity index (χ3v) is 6.35. The number of fused-ring (bicyclic) bond motifs is 1. The molecule has 7 heteroatoms. The van der Waals surface area contributed by atoms with Gasteiger partial charge in [-0.05, 0) is 74.8 Å². The number of nitrogens with one attached hydrogen (secondary N) is 1. The van der Waals surface area contributed by atoms with Gasteiger partial charge in [0.1, 0.15) is 11.6 Å². The molecule has 0 atom stereocenters. The number of rotatable bonds is 9. The quantitative estimate of drug-likeness (QED) is 0.425. The molecule has 0 aliphatic carbocycles. The van der Waals surface area contributed by atoms with E-state index in [-0.39, 0.29) is 12.5 Å². The van der Waals surface area contributed by atoms with E-state index in [1.807, 2.05) is 12.1 Å². The van der Waals surface area contributed by atoms with Gasteiger partial charge < -0.3 is 14.6 Å². The number of likely N-dealkylation sites (tertiary alicyclic amines) is 1. The highest BCUT2D eigenvalue weighted by molar-refractivity contribution is 6.30. The Labute approximate surface area is 200 Å². The van der Waals surface area contributed by atoms with Crippen LogP contribution in [0.15, 0.2) is 42.5 Å². The van der Waals surface area contributed by atoms with Crippen LogP contribution < -0.4 is 10.1 Å². The van der Waals surface area contributed by atoms with Crippen LogP contribution in [0.25, 0.3) is 11.0 Å². The fourth-order valence-corrected chi connectivity index (χ4v) is 4.44. The molecule has 2 heterocycles. The van der Waals surface area contributed by atoms with Crippen LogP contribution in [0.3, 0.4) is 0 Å². The van der Waals surface area contributed by atoms with Gasteiger partial charge in [-0.25, -0.2) is 4.98 Å². The number of carbonyl (C=O) groups is 1. The van der Waals surface area contributed by atoms with E-state index < -0.39 is 0 Å². The van der Waals surface area contributed by atoms with Crippen molar-refractivity contribution < 1.29 is 9.53 Å². The van der Waals surface area contributed by atoms with Crippen molar-refractivity contribution in [1.82, 2.24) is 14.5 Å². The number of benzene rings is 2. The number of amides is 1. The molecule has 4 rings (SSSR count). The van der Waals surface area contributed by atoms with Crippen LogP contribution in [-0.2, 0) is 17.9 Å². The van der Waals surface area contributed by atoms with E-state index in [0.717, 1.165) is 61.6 Å². The molecule has 0 bridgehead atoms. The van der Waals surface area contributed by atoms with Crippen LogP contribution in [0.5, 0.6) is 5.75 Å². The predicted molar refractivity (Wildman–Crippen MR) is 134 cm³/mol. The van der Waals surface area contributed by atoms with Crippen molar-refractivity contribution in [2.24, 2.45) is 0 Å². The van der Waals surface area contributed by atoms with Crippen molar-refractivity contribution in [3.63, 3.8) is 0 Å². The molecule has 0 spiro atoms. The summed E-state index contributed by atoms with van der Waals surface area (Å²) >= 11 is 5.89. The summed E-state index contributed by atoms with van der Waals surface area (Å²) in [5.41, 5.74) is 2.78. The maximum absolute atomic E-state index is 12.4. The summed E-state index contributed by atoms with van der Waals surface area (Å²) in [6, 6.07) is 12.9. The number of nitrogens with zero attached hydrogens (tertiary/aromatic N) is 3. The molecule has 1 fully saturated rings. The summed E-state index contributed by atoms with van der Waals surface area (Å²) < 4.78 is 7.91. The van der Waals surface area contributed by atoms with Gasteiger partial charge in [0.2, 0.25) is 0 Å². The van der Waals surface area contributed by atoms with Crippen LogP contribution >= 0.6 is 11.6 Å². The summed E-state index contributed by atoms with van der Waals surface area (Å²) in [7, 11) is 0. The Hall–Kier alpha value is -2.57. The summed E-state index contributed by atoms with van der Waals surface area (Å²) in [6.07, 6.45) is 7.46. The van der Waals surface area contributed by atoms with Crippen LogP contribution in [0.1, 0.15) is 51.3 Å². The number of anilines is 1. The zero-order chi connectivity index (χ0) is 23.0. The lowest BCUT2D eigenvalue weighted by atomic mass is 10.2. The smallest absolute Gasteiger partial charge is 0.262 e. The van der Waals surface area contributed by atoms with E-state index in [9.17, 15) is 4.79 Å². The molecule has 0 unspecified atom stereocenters. The van der Waals surface area contributed by atoms with E-state index in [1.165, 1.54) is 25.7 Å². The highest BCUT2D eigenvalue weighted by atomic mass is 35.5. The highest BCUT2D eigenvalue weighted by Gasteiger charge is 2.16. The molecule has 6 nitrogen and oxygen atoms in total. The molecule has 3 aromatic rings. The third kappa shape index (κ3) is 6.49. The summed E-state index contributed by atoms with van der Waals surface area (Å²) in [5, 5.41) is 3.56. The number of imidazole rings is 1. The summed E-state index contributed by atoms with van der Waals surface area (Å²) in [5.74, 6) is 1.52. The van der Waals surface area contributed by atoms with Crippen LogP contribution in [0.2, 0.25) is 5.02 Å². The Kier molecular flexibility index (Phi) is 8.24. The van der Waals surface area contributed by atoms with Crippen molar-refractivity contribution >= 4 is 34.2 Å². The highest BCUT2D eigenvalue weighted by Crippen LogP contribution is 2.23. The largest absolute Gasteiger partial charge is 0.484 e.